The average molecular weight is 352 g/mol. The summed E-state index contributed by atoms with van der Waals surface area (Å²) in [5.41, 5.74) is 2.73. The summed E-state index contributed by atoms with van der Waals surface area (Å²) in [5.74, 6) is 0.707. The van der Waals surface area contributed by atoms with E-state index in [1.165, 1.54) is 0 Å². The van der Waals surface area contributed by atoms with E-state index in [9.17, 15) is 4.79 Å². The Hall–Kier alpha value is -3.24. The molecule has 0 saturated carbocycles. The minimum Gasteiger partial charge on any atom is -0.268 e. The molecule has 0 aliphatic rings. The predicted octanol–water partition coefficient (Wildman–Crippen LogP) is 5.32. The van der Waals surface area contributed by atoms with Crippen molar-refractivity contribution in [2.45, 2.75) is 0 Å². The van der Waals surface area contributed by atoms with Gasteiger partial charge in [0.15, 0.2) is 0 Å². The largest absolute Gasteiger partial charge is 0.268 e. The number of pyridine rings is 1. The number of nitrogens with zero attached hydrogens (tertiary/aromatic N) is 2. The van der Waals surface area contributed by atoms with Gasteiger partial charge in [-0.2, -0.15) is 0 Å². The normalized spacial score (nSPS) is 12.0. The fourth-order valence-corrected chi connectivity index (χ4v) is 5.07. The van der Waals surface area contributed by atoms with E-state index < -0.39 is 0 Å². The number of imidazole rings is 1. The molecule has 0 unspecified atom stereocenters. The summed E-state index contributed by atoms with van der Waals surface area (Å²) in [6.07, 6.45) is 0. The van der Waals surface area contributed by atoms with E-state index in [-0.39, 0.29) is 5.56 Å². The Morgan fingerprint density at radius 3 is 2.46 bits per heavy atom. The van der Waals surface area contributed by atoms with Crippen LogP contribution in [0.3, 0.4) is 0 Å². The zero-order chi connectivity index (χ0) is 17.3. The van der Waals surface area contributed by atoms with Crippen LogP contribution in [0.25, 0.3) is 48.0 Å². The van der Waals surface area contributed by atoms with E-state index in [4.69, 9.17) is 4.98 Å². The first-order valence-electron chi connectivity index (χ1n) is 8.46. The summed E-state index contributed by atoms with van der Waals surface area (Å²) in [6, 6.07) is 24.1. The number of hydrogen-bond donors (Lipinski definition) is 0. The Morgan fingerprint density at radius 1 is 0.808 bits per heavy atom. The van der Waals surface area contributed by atoms with Gasteiger partial charge in [0.05, 0.1) is 21.1 Å². The van der Waals surface area contributed by atoms with E-state index in [2.05, 4.69) is 12.1 Å². The Balaban J connectivity index is 1.95. The van der Waals surface area contributed by atoms with Gasteiger partial charge in [-0.25, -0.2) is 4.98 Å². The SMILES string of the molecule is O=c1c2c3ccccc3sc2c2cccc3nc(-c4ccccc4)n1c32. The van der Waals surface area contributed by atoms with Crippen molar-refractivity contribution in [2.75, 3.05) is 0 Å². The fraction of sp³-hybridized carbons (Fsp3) is 0. The molecular formula is C22H12N2OS. The van der Waals surface area contributed by atoms with E-state index >= 15 is 0 Å². The molecule has 0 saturated heterocycles. The van der Waals surface area contributed by atoms with Crippen LogP contribution in [0.4, 0.5) is 0 Å². The van der Waals surface area contributed by atoms with Crippen LogP contribution in [0.1, 0.15) is 0 Å². The number of rotatable bonds is 1. The minimum atomic E-state index is 0.0116. The maximum atomic E-state index is 13.6. The molecule has 3 nitrogen and oxygen atoms in total. The summed E-state index contributed by atoms with van der Waals surface area (Å²) in [6.45, 7) is 0. The monoisotopic (exact) mass is 352 g/mol. The van der Waals surface area contributed by atoms with E-state index in [1.54, 1.807) is 15.7 Å². The van der Waals surface area contributed by atoms with Gasteiger partial charge in [0.2, 0.25) is 0 Å². The molecule has 4 heteroatoms. The zero-order valence-electron chi connectivity index (χ0n) is 13.6. The van der Waals surface area contributed by atoms with Crippen molar-refractivity contribution < 1.29 is 0 Å². The van der Waals surface area contributed by atoms with Crippen molar-refractivity contribution in [2.24, 2.45) is 0 Å². The summed E-state index contributed by atoms with van der Waals surface area (Å²) < 4.78 is 3.98. The van der Waals surface area contributed by atoms with E-state index in [1.807, 2.05) is 60.7 Å². The second-order valence-corrected chi connectivity index (χ2v) is 7.47. The summed E-state index contributed by atoms with van der Waals surface area (Å²) in [7, 11) is 0. The summed E-state index contributed by atoms with van der Waals surface area (Å²) >= 11 is 1.68. The standard InChI is InChI=1S/C22H12N2OS/c25-22-18-14-9-4-5-12-17(14)26-20(18)15-10-6-11-16-19(15)24(22)21(23-16)13-7-2-1-3-8-13/h1-12H. The highest BCUT2D eigenvalue weighted by atomic mass is 32.1. The van der Waals surface area contributed by atoms with Gasteiger partial charge >= 0.3 is 0 Å². The lowest BCUT2D eigenvalue weighted by Gasteiger charge is -2.04. The van der Waals surface area contributed by atoms with Crippen molar-refractivity contribution in [1.82, 2.24) is 9.38 Å². The molecule has 0 aliphatic heterocycles. The Bertz CT molecular complexity index is 1500. The van der Waals surface area contributed by atoms with Crippen LogP contribution in [0, 0.1) is 0 Å². The van der Waals surface area contributed by atoms with Crippen molar-refractivity contribution >= 4 is 47.9 Å². The number of para-hydroxylation sites is 1. The molecule has 0 aliphatic carbocycles. The molecule has 0 spiro atoms. The van der Waals surface area contributed by atoms with Crippen LogP contribution in [0.15, 0.2) is 77.6 Å². The summed E-state index contributed by atoms with van der Waals surface area (Å²) in [4.78, 5) is 18.3. The molecule has 0 amide bonds. The molecule has 0 radical (unpaired) electrons. The number of fused-ring (bicyclic) bond motifs is 4. The smallest absolute Gasteiger partial charge is 0.266 e. The van der Waals surface area contributed by atoms with Gasteiger partial charge < -0.3 is 0 Å². The lowest BCUT2D eigenvalue weighted by Crippen LogP contribution is -2.13. The first kappa shape index (κ1) is 14.0. The van der Waals surface area contributed by atoms with E-state index in [0.717, 1.165) is 42.2 Å². The maximum absolute atomic E-state index is 13.6. The Kier molecular flexibility index (Phi) is 2.63. The van der Waals surface area contributed by atoms with Gasteiger partial charge in [0.1, 0.15) is 5.82 Å². The first-order chi connectivity index (χ1) is 12.8. The summed E-state index contributed by atoms with van der Waals surface area (Å²) in [5, 5.41) is 2.90. The highest BCUT2D eigenvalue weighted by Crippen LogP contribution is 2.38. The first-order valence-corrected chi connectivity index (χ1v) is 9.28. The quantitative estimate of drug-likeness (QED) is 0.401. The second-order valence-electron chi connectivity index (χ2n) is 6.42. The Morgan fingerprint density at radius 2 is 1.58 bits per heavy atom. The van der Waals surface area contributed by atoms with Crippen LogP contribution in [-0.4, -0.2) is 9.38 Å². The molecule has 122 valence electrons. The van der Waals surface area contributed by atoms with Gasteiger partial charge in [-0.15, -0.1) is 11.3 Å². The van der Waals surface area contributed by atoms with Gasteiger partial charge in [-0.05, 0) is 12.1 Å². The highest BCUT2D eigenvalue weighted by molar-refractivity contribution is 7.26. The third-order valence-corrected chi connectivity index (χ3v) is 6.17. The van der Waals surface area contributed by atoms with Crippen LogP contribution in [0.2, 0.25) is 0 Å². The maximum Gasteiger partial charge on any atom is 0.266 e. The highest BCUT2D eigenvalue weighted by Gasteiger charge is 2.20. The molecule has 3 aromatic carbocycles. The van der Waals surface area contributed by atoms with Gasteiger partial charge in [-0.3, -0.25) is 9.20 Å². The van der Waals surface area contributed by atoms with Crippen molar-refractivity contribution in [1.29, 1.82) is 0 Å². The van der Waals surface area contributed by atoms with Crippen LogP contribution >= 0.6 is 11.3 Å². The van der Waals surface area contributed by atoms with Gasteiger partial charge in [0.25, 0.3) is 5.56 Å². The average Bonchev–Trinajstić information content (AvgIpc) is 3.27. The molecule has 6 aromatic rings. The lowest BCUT2D eigenvalue weighted by molar-refractivity contribution is 1.13. The van der Waals surface area contributed by atoms with Crippen molar-refractivity contribution in [3.05, 3.63) is 83.2 Å². The van der Waals surface area contributed by atoms with Crippen LogP contribution in [0.5, 0.6) is 0 Å². The lowest BCUT2D eigenvalue weighted by atomic mass is 10.1. The van der Waals surface area contributed by atoms with Crippen molar-refractivity contribution in [3.8, 4) is 11.4 Å². The molecule has 3 heterocycles. The van der Waals surface area contributed by atoms with Gasteiger partial charge in [-0.1, -0.05) is 60.7 Å². The molecule has 6 rings (SSSR count). The Labute approximate surface area is 152 Å². The zero-order valence-corrected chi connectivity index (χ0v) is 14.5. The number of benzene rings is 3. The topological polar surface area (TPSA) is 34.4 Å². The van der Waals surface area contributed by atoms with Crippen LogP contribution < -0.4 is 5.56 Å². The molecule has 0 bridgehead atoms. The number of hydrogen-bond acceptors (Lipinski definition) is 3. The number of thiophene rings is 1. The number of aromatic nitrogens is 2. The van der Waals surface area contributed by atoms with Gasteiger partial charge in [0, 0.05) is 21.0 Å². The molecule has 3 aromatic heterocycles. The second kappa shape index (κ2) is 4.90. The predicted molar refractivity (Wildman–Crippen MR) is 108 cm³/mol. The molecule has 0 N–H and O–H groups in total. The van der Waals surface area contributed by atoms with E-state index in [0.29, 0.717) is 5.82 Å². The fourth-order valence-electron chi connectivity index (χ4n) is 3.85. The molecule has 0 atom stereocenters. The minimum absolute atomic E-state index is 0.0116. The molecule has 26 heavy (non-hydrogen) atoms. The molecular weight excluding hydrogens is 340 g/mol. The van der Waals surface area contributed by atoms with Crippen molar-refractivity contribution in [3.63, 3.8) is 0 Å². The third kappa shape index (κ3) is 1.67. The third-order valence-electron chi connectivity index (χ3n) is 4.97. The molecule has 0 fully saturated rings. The van der Waals surface area contributed by atoms with Crippen LogP contribution in [-0.2, 0) is 0 Å².